The molecule has 0 aliphatic rings. The molecule has 1 amide bonds. The normalized spacial score (nSPS) is 12.5. The van der Waals surface area contributed by atoms with Crippen LogP contribution in [0.1, 0.15) is 30.0 Å². The van der Waals surface area contributed by atoms with Crippen molar-refractivity contribution in [2.45, 2.75) is 40.2 Å². The summed E-state index contributed by atoms with van der Waals surface area (Å²) >= 11 is 0. The Morgan fingerprint density at radius 1 is 1.12 bits per heavy atom. The summed E-state index contributed by atoms with van der Waals surface area (Å²) in [5.41, 5.74) is 4.16. The molecule has 1 atom stereocenters. The molecule has 1 unspecified atom stereocenters. The average Bonchev–Trinajstić information content (AvgIpc) is 2.55. The lowest BCUT2D eigenvalue weighted by Crippen LogP contribution is -2.47. The van der Waals surface area contributed by atoms with E-state index in [9.17, 15) is 13.2 Å². The smallest absolute Gasteiger partial charge is 0.248 e. The number of amides is 1. The summed E-state index contributed by atoms with van der Waals surface area (Å²) in [4.78, 5) is 12.9. The second-order valence-corrected chi connectivity index (χ2v) is 8.42. The predicted molar refractivity (Wildman–Crippen MR) is 107 cm³/mol. The number of hydrogen-bond acceptors (Lipinski definition) is 3. The molecule has 26 heavy (non-hydrogen) atoms. The molecule has 2 rings (SSSR count). The minimum absolute atomic E-state index is 0.340. The third-order valence-corrected chi connectivity index (χ3v) is 5.63. The molecular formula is C20H26N2O3S. The number of nitrogens with zero attached hydrogens (tertiary/aromatic N) is 1. The molecule has 0 saturated carbocycles. The number of sulfonamides is 1. The number of carbonyl (C=O) groups excluding carboxylic acids is 1. The fourth-order valence-corrected chi connectivity index (χ4v) is 4.13. The number of anilines is 2. The number of aryl methyl sites for hydroxylation is 2. The van der Waals surface area contributed by atoms with Crippen molar-refractivity contribution in [1.29, 1.82) is 0 Å². The minimum atomic E-state index is -3.63. The number of rotatable bonds is 6. The highest BCUT2D eigenvalue weighted by Gasteiger charge is 2.31. The molecule has 0 heterocycles. The predicted octanol–water partition coefficient (Wildman–Crippen LogP) is 3.80. The number of carbonyl (C=O) groups is 1. The van der Waals surface area contributed by atoms with Gasteiger partial charge in [0.2, 0.25) is 15.9 Å². The molecule has 0 aliphatic heterocycles. The van der Waals surface area contributed by atoms with E-state index in [-0.39, 0.29) is 5.91 Å². The first kappa shape index (κ1) is 20.0. The maximum Gasteiger partial charge on any atom is 0.248 e. The van der Waals surface area contributed by atoms with Crippen molar-refractivity contribution in [2.75, 3.05) is 15.9 Å². The Labute approximate surface area is 156 Å². The van der Waals surface area contributed by atoms with E-state index in [1.165, 1.54) is 4.31 Å². The van der Waals surface area contributed by atoms with Gasteiger partial charge in [-0.2, -0.15) is 0 Å². The molecule has 0 fully saturated rings. The lowest BCUT2D eigenvalue weighted by Gasteiger charge is -2.30. The van der Waals surface area contributed by atoms with Crippen LogP contribution in [0.15, 0.2) is 42.5 Å². The lowest BCUT2D eigenvalue weighted by atomic mass is 10.1. The van der Waals surface area contributed by atoms with E-state index in [0.29, 0.717) is 17.8 Å². The first-order valence-electron chi connectivity index (χ1n) is 8.58. The number of hydrogen-bond donors (Lipinski definition) is 1. The van der Waals surface area contributed by atoms with Crippen LogP contribution < -0.4 is 9.62 Å². The van der Waals surface area contributed by atoms with Crippen LogP contribution in [0.4, 0.5) is 11.4 Å². The van der Waals surface area contributed by atoms with Gasteiger partial charge in [-0.05, 0) is 62.1 Å². The molecule has 5 nitrogen and oxygen atoms in total. The van der Waals surface area contributed by atoms with Crippen molar-refractivity contribution in [3.05, 3.63) is 59.2 Å². The highest BCUT2D eigenvalue weighted by molar-refractivity contribution is 7.92. The van der Waals surface area contributed by atoms with E-state index >= 15 is 0 Å². The molecule has 0 radical (unpaired) electrons. The van der Waals surface area contributed by atoms with Gasteiger partial charge in [-0.3, -0.25) is 9.10 Å². The van der Waals surface area contributed by atoms with Gasteiger partial charge < -0.3 is 5.32 Å². The Morgan fingerprint density at radius 2 is 1.77 bits per heavy atom. The Kier molecular flexibility index (Phi) is 6.08. The average molecular weight is 375 g/mol. The Hall–Kier alpha value is -2.34. The lowest BCUT2D eigenvalue weighted by molar-refractivity contribution is -0.117. The van der Waals surface area contributed by atoms with E-state index in [1.54, 1.807) is 25.1 Å². The Balaban J connectivity index is 2.42. The summed E-state index contributed by atoms with van der Waals surface area (Å²) in [6.45, 7) is 7.60. The van der Waals surface area contributed by atoms with Crippen LogP contribution in [0.5, 0.6) is 0 Å². The van der Waals surface area contributed by atoms with E-state index in [2.05, 4.69) is 5.32 Å². The monoisotopic (exact) mass is 374 g/mol. The summed E-state index contributed by atoms with van der Waals surface area (Å²) < 4.78 is 26.1. The SMILES string of the molecule is CCC(C(=O)Nc1cccc(C)c1C)N(c1cccc(C)c1)S(C)(=O)=O. The topological polar surface area (TPSA) is 66.5 Å². The molecule has 0 spiro atoms. The standard InChI is InChI=1S/C20H26N2O3S/c1-6-19(20(23)21-18-12-8-10-15(3)16(18)4)22(26(5,24)25)17-11-7-9-14(2)13-17/h7-13,19H,6H2,1-5H3,(H,21,23). The number of benzene rings is 2. The Morgan fingerprint density at radius 3 is 2.35 bits per heavy atom. The van der Waals surface area contributed by atoms with E-state index in [4.69, 9.17) is 0 Å². The summed E-state index contributed by atoms with van der Waals surface area (Å²) in [7, 11) is -3.63. The molecule has 0 saturated heterocycles. The van der Waals surface area contributed by atoms with Crippen LogP contribution >= 0.6 is 0 Å². The summed E-state index contributed by atoms with van der Waals surface area (Å²) in [5, 5.41) is 2.89. The molecule has 140 valence electrons. The van der Waals surface area contributed by atoms with Crippen molar-refractivity contribution < 1.29 is 13.2 Å². The molecule has 2 aromatic rings. The molecule has 0 aliphatic carbocycles. The molecule has 0 bridgehead atoms. The third-order valence-electron chi connectivity index (χ3n) is 4.45. The van der Waals surface area contributed by atoms with Crippen LogP contribution in [0, 0.1) is 20.8 Å². The van der Waals surface area contributed by atoms with Crippen LogP contribution in [-0.4, -0.2) is 26.6 Å². The van der Waals surface area contributed by atoms with Crippen molar-refractivity contribution in [2.24, 2.45) is 0 Å². The van der Waals surface area contributed by atoms with Gasteiger partial charge in [0.05, 0.1) is 11.9 Å². The van der Waals surface area contributed by atoms with Gasteiger partial charge in [-0.25, -0.2) is 8.42 Å². The van der Waals surface area contributed by atoms with Crippen LogP contribution in [0.3, 0.4) is 0 Å². The van der Waals surface area contributed by atoms with Crippen molar-refractivity contribution in [3.63, 3.8) is 0 Å². The van der Waals surface area contributed by atoms with Crippen LogP contribution in [0.25, 0.3) is 0 Å². The fraction of sp³-hybridized carbons (Fsp3) is 0.350. The maximum atomic E-state index is 12.9. The van der Waals surface area contributed by atoms with Crippen LogP contribution in [0.2, 0.25) is 0 Å². The summed E-state index contributed by atoms with van der Waals surface area (Å²) in [6, 6.07) is 12.0. The van der Waals surface area contributed by atoms with Gasteiger partial charge in [0.15, 0.2) is 0 Å². The molecular weight excluding hydrogens is 348 g/mol. The van der Waals surface area contributed by atoms with Gasteiger partial charge in [0.1, 0.15) is 6.04 Å². The van der Waals surface area contributed by atoms with Gasteiger partial charge in [0, 0.05) is 5.69 Å². The van der Waals surface area contributed by atoms with Gasteiger partial charge >= 0.3 is 0 Å². The largest absolute Gasteiger partial charge is 0.324 e. The minimum Gasteiger partial charge on any atom is -0.324 e. The summed E-state index contributed by atoms with van der Waals surface area (Å²) in [6.07, 6.45) is 1.49. The van der Waals surface area contributed by atoms with Crippen molar-refractivity contribution in [1.82, 2.24) is 0 Å². The number of nitrogens with one attached hydrogen (secondary N) is 1. The highest BCUT2D eigenvalue weighted by atomic mass is 32.2. The summed E-state index contributed by atoms with van der Waals surface area (Å²) in [5.74, 6) is -0.340. The zero-order valence-electron chi connectivity index (χ0n) is 15.9. The Bertz CT molecular complexity index is 907. The molecule has 2 aromatic carbocycles. The second-order valence-electron chi connectivity index (χ2n) is 6.56. The molecule has 0 aromatic heterocycles. The van der Waals surface area contributed by atoms with Gasteiger partial charge in [-0.1, -0.05) is 31.2 Å². The third kappa shape index (κ3) is 4.43. The fourth-order valence-electron chi connectivity index (χ4n) is 2.93. The van der Waals surface area contributed by atoms with Crippen molar-refractivity contribution in [3.8, 4) is 0 Å². The zero-order chi connectivity index (χ0) is 19.5. The first-order chi connectivity index (χ1) is 12.1. The van der Waals surface area contributed by atoms with E-state index < -0.39 is 16.1 Å². The molecule has 6 heteroatoms. The zero-order valence-corrected chi connectivity index (χ0v) is 16.7. The van der Waals surface area contributed by atoms with Gasteiger partial charge in [0.25, 0.3) is 0 Å². The molecule has 1 N–H and O–H groups in total. The highest BCUT2D eigenvalue weighted by Crippen LogP contribution is 2.25. The van der Waals surface area contributed by atoms with Crippen molar-refractivity contribution >= 4 is 27.3 Å². The quantitative estimate of drug-likeness (QED) is 0.836. The van der Waals surface area contributed by atoms with Crippen LogP contribution in [-0.2, 0) is 14.8 Å². The van der Waals surface area contributed by atoms with E-state index in [1.807, 2.05) is 45.0 Å². The second kappa shape index (κ2) is 7.91. The maximum absolute atomic E-state index is 12.9. The first-order valence-corrected chi connectivity index (χ1v) is 10.4. The van der Waals surface area contributed by atoms with Gasteiger partial charge in [-0.15, -0.1) is 0 Å². The van der Waals surface area contributed by atoms with E-state index in [0.717, 1.165) is 22.9 Å².